The van der Waals surface area contributed by atoms with E-state index in [9.17, 15) is 4.79 Å². The van der Waals surface area contributed by atoms with Gasteiger partial charge in [-0.2, -0.15) is 0 Å². The van der Waals surface area contributed by atoms with E-state index in [1.54, 1.807) is 0 Å². The predicted octanol–water partition coefficient (Wildman–Crippen LogP) is -0.403. The molecule has 0 aromatic rings. The van der Waals surface area contributed by atoms with E-state index < -0.39 is 6.16 Å². The molecule has 0 radical (unpaired) electrons. The minimum atomic E-state index is -1.34. The van der Waals surface area contributed by atoms with Gasteiger partial charge < -0.3 is 9.84 Å². The van der Waals surface area contributed by atoms with Crippen molar-refractivity contribution in [2.45, 2.75) is 0 Å². The Morgan fingerprint density at radius 3 is 2.50 bits per heavy atom. The zero-order valence-electron chi connectivity index (χ0n) is 3.05. The number of rotatable bonds is 1. The number of hydrogen-bond acceptors (Lipinski definition) is 3. The largest absolute Gasteiger partial charge is 0.507 e. The first kappa shape index (κ1) is 5.23. The lowest BCUT2D eigenvalue weighted by Gasteiger charge is -1.87. The quantitative estimate of drug-likeness (QED) is 0.340. The molecule has 0 heterocycles. The molecule has 0 aliphatic carbocycles. The first-order chi connectivity index (χ1) is 2.77. The molecule has 0 aromatic carbocycles. The van der Waals surface area contributed by atoms with E-state index in [0.717, 1.165) is 0 Å². The van der Waals surface area contributed by atoms with Crippen molar-refractivity contribution in [3.8, 4) is 0 Å². The van der Waals surface area contributed by atoms with E-state index in [1.807, 2.05) is 0 Å². The van der Waals surface area contributed by atoms with Crippen molar-refractivity contribution in [1.82, 2.24) is 0 Å². The molecule has 4 heteroatoms. The first-order valence-corrected chi connectivity index (χ1v) is 1.33. The number of nitrogens with two attached hydrogens (primary N) is 1. The van der Waals surface area contributed by atoms with Gasteiger partial charge in [-0.25, -0.2) is 4.79 Å². The van der Waals surface area contributed by atoms with Crippen LogP contribution in [0.3, 0.4) is 0 Å². The van der Waals surface area contributed by atoms with Crippen molar-refractivity contribution in [3.05, 3.63) is 0 Å². The van der Waals surface area contributed by atoms with Crippen LogP contribution in [0.5, 0.6) is 0 Å². The van der Waals surface area contributed by atoms with Crippen molar-refractivity contribution in [2.75, 3.05) is 6.73 Å². The van der Waals surface area contributed by atoms with E-state index in [4.69, 9.17) is 5.11 Å². The molecule has 0 unspecified atom stereocenters. The lowest BCUT2D eigenvalue weighted by Crippen LogP contribution is -2.08. The highest BCUT2D eigenvalue weighted by atomic mass is 16.7. The molecule has 4 nitrogen and oxygen atoms in total. The standard InChI is InChI=1S/C2H5NO3/c3-1-6-2(4)5/h1,3H2,(H,4,5). The maximum Gasteiger partial charge on any atom is 0.507 e. The number of ether oxygens (including phenoxy) is 1. The summed E-state index contributed by atoms with van der Waals surface area (Å²) < 4.78 is 3.74. The molecular weight excluding hydrogens is 86.0 g/mol. The zero-order chi connectivity index (χ0) is 4.99. The summed E-state index contributed by atoms with van der Waals surface area (Å²) >= 11 is 0. The van der Waals surface area contributed by atoms with E-state index in [-0.39, 0.29) is 6.73 Å². The summed E-state index contributed by atoms with van der Waals surface area (Å²) in [6.07, 6.45) is -1.34. The Hall–Kier alpha value is -0.770. The highest BCUT2D eigenvalue weighted by Gasteiger charge is 1.86. The molecule has 0 bridgehead atoms. The summed E-state index contributed by atoms with van der Waals surface area (Å²) in [5, 5.41) is 7.61. The van der Waals surface area contributed by atoms with Crippen LogP contribution in [0, 0.1) is 0 Å². The van der Waals surface area contributed by atoms with Crippen LogP contribution in [-0.4, -0.2) is 18.0 Å². The fourth-order valence-corrected chi connectivity index (χ4v) is 0.0713. The highest BCUT2D eigenvalue weighted by Crippen LogP contribution is 1.64. The molecule has 0 aliphatic rings. The monoisotopic (exact) mass is 91.0 g/mol. The molecule has 0 aliphatic heterocycles. The van der Waals surface area contributed by atoms with E-state index in [2.05, 4.69) is 10.5 Å². The van der Waals surface area contributed by atoms with Gasteiger partial charge in [-0.05, 0) is 0 Å². The Morgan fingerprint density at radius 2 is 2.50 bits per heavy atom. The third kappa shape index (κ3) is 3.23. The molecular formula is C2H5NO3. The van der Waals surface area contributed by atoms with Crippen molar-refractivity contribution in [1.29, 1.82) is 0 Å². The average Bonchev–Trinajstić information content (AvgIpc) is 1.35. The Morgan fingerprint density at radius 1 is 2.00 bits per heavy atom. The summed E-state index contributed by atoms with van der Waals surface area (Å²) in [6, 6.07) is 0. The lowest BCUT2D eigenvalue weighted by atomic mass is 11.3. The molecule has 3 N–H and O–H groups in total. The van der Waals surface area contributed by atoms with E-state index >= 15 is 0 Å². The van der Waals surface area contributed by atoms with Crippen LogP contribution in [0.1, 0.15) is 0 Å². The summed E-state index contributed by atoms with van der Waals surface area (Å²) in [6.45, 7) is -0.269. The molecule has 0 aromatic heterocycles. The lowest BCUT2D eigenvalue weighted by molar-refractivity contribution is 0.0941. The minimum absolute atomic E-state index is 0.269. The molecule has 0 amide bonds. The molecule has 0 spiro atoms. The van der Waals surface area contributed by atoms with Gasteiger partial charge >= 0.3 is 6.16 Å². The fourth-order valence-electron chi connectivity index (χ4n) is 0.0713. The van der Waals surface area contributed by atoms with Gasteiger partial charge in [0.1, 0.15) is 6.73 Å². The third-order valence-electron chi connectivity index (χ3n) is 0.207. The maximum atomic E-state index is 9.30. The second-order valence-corrected chi connectivity index (χ2v) is 0.577. The highest BCUT2D eigenvalue weighted by molar-refractivity contribution is 5.56. The number of hydrogen-bond donors (Lipinski definition) is 2. The zero-order valence-corrected chi connectivity index (χ0v) is 3.05. The van der Waals surface area contributed by atoms with Crippen LogP contribution in [0.2, 0.25) is 0 Å². The minimum Gasteiger partial charge on any atom is -0.450 e. The summed E-state index contributed by atoms with van der Waals surface area (Å²) in [7, 11) is 0. The van der Waals surface area contributed by atoms with Gasteiger partial charge in [0.15, 0.2) is 0 Å². The van der Waals surface area contributed by atoms with Gasteiger partial charge in [-0.3, -0.25) is 5.73 Å². The Kier molecular flexibility index (Phi) is 2.15. The molecule has 6 heavy (non-hydrogen) atoms. The third-order valence-corrected chi connectivity index (χ3v) is 0.207. The van der Waals surface area contributed by atoms with Gasteiger partial charge in [0.05, 0.1) is 0 Å². The molecule has 0 saturated carbocycles. The maximum absolute atomic E-state index is 9.30. The topological polar surface area (TPSA) is 72.5 Å². The van der Waals surface area contributed by atoms with Gasteiger partial charge in [0.25, 0.3) is 0 Å². The van der Waals surface area contributed by atoms with Crippen LogP contribution in [0.4, 0.5) is 4.79 Å². The second kappa shape index (κ2) is 2.47. The predicted molar refractivity (Wildman–Crippen MR) is 18.2 cm³/mol. The Labute approximate surface area is 34.5 Å². The van der Waals surface area contributed by atoms with Gasteiger partial charge in [-0.15, -0.1) is 0 Å². The van der Waals surface area contributed by atoms with Crippen LogP contribution >= 0.6 is 0 Å². The second-order valence-electron chi connectivity index (χ2n) is 0.577. The smallest absolute Gasteiger partial charge is 0.450 e. The van der Waals surface area contributed by atoms with Crippen LogP contribution in [-0.2, 0) is 4.74 Å². The molecule has 0 saturated heterocycles. The van der Waals surface area contributed by atoms with Crippen molar-refractivity contribution >= 4 is 6.16 Å². The van der Waals surface area contributed by atoms with Crippen LogP contribution < -0.4 is 5.73 Å². The van der Waals surface area contributed by atoms with Crippen LogP contribution in [0.15, 0.2) is 0 Å². The van der Waals surface area contributed by atoms with Gasteiger partial charge in [-0.1, -0.05) is 0 Å². The number of carboxylic acid groups (broad SMARTS) is 1. The van der Waals surface area contributed by atoms with Crippen molar-refractivity contribution in [3.63, 3.8) is 0 Å². The summed E-state index contributed by atoms with van der Waals surface area (Å²) in [4.78, 5) is 9.30. The summed E-state index contributed by atoms with van der Waals surface area (Å²) in [5.41, 5.74) is 4.63. The average molecular weight is 91.1 g/mol. The van der Waals surface area contributed by atoms with Gasteiger partial charge in [0, 0.05) is 0 Å². The first-order valence-electron chi connectivity index (χ1n) is 1.33. The molecule has 0 fully saturated rings. The van der Waals surface area contributed by atoms with Crippen molar-refractivity contribution in [2.24, 2.45) is 5.73 Å². The van der Waals surface area contributed by atoms with E-state index in [1.165, 1.54) is 0 Å². The van der Waals surface area contributed by atoms with E-state index in [0.29, 0.717) is 0 Å². The molecule has 0 atom stereocenters. The Balaban J connectivity index is 2.83. The van der Waals surface area contributed by atoms with Gasteiger partial charge in [0.2, 0.25) is 0 Å². The molecule has 0 rings (SSSR count). The Bertz CT molecular complexity index is 52.8. The number of carbonyl (C=O) groups is 1. The normalized spacial score (nSPS) is 7.50. The van der Waals surface area contributed by atoms with Crippen LogP contribution in [0.25, 0.3) is 0 Å². The SMILES string of the molecule is NCOC(=O)O. The fraction of sp³-hybridized carbons (Fsp3) is 0.500. The van der Waals surface area contributed by atoms with Crippen molar-refractivity contribution < 1.29 is 14.6 Å². The summed E-state index contributed by atoms with van der Waals surface area (Å²) in [5.74, 6) is 0. The molecule has 36 valence electrons.